The van der Waals surface area contributed by atoms with E-state index in [-0.39, 0.29) is 11.7 Å². The standard InChI is InChI=1S/C11H15N3O/c1-6-7(2)14-5-4-9(8(3)15)10(12)11(14)13-6/h9,12H,4-5H2,1-3H3. The molecule has 1 aromatic rings. The number of aromatic nitrogens is 2. The molecule has 0 saturated carbocycles. The smallest absolute Gasteiger partial charge is 0.154 e. The second-order valence-corrected chi connectivity index (χ2v) is 4.12. The summed E-state index contributed by atoms with van der Waals surface area (Å²) in [5.41, 5.74) is 2.45. The number of carbonyl (C=O) groups is 1. The van der Waals surface area contributed by atoms with Crippen LogP contribution in [0.15, 0.2) is 0 Å². The summed E-state index contributed by atoms with van der Waals surface area (Å²) in [4.78, 5) is 15.7. The van der Waals surface area contributed by atoms with Gasteiger partial charge in [0.25, 0.3) is 0 Å². The van der Waals surface area contributed by atoms with Crippen LogP contribution in [0.2, 0.25) is 0 Å². The molecule has 0 saturated heterocycles. The Kier molecular flexibility index (Phi) is 2.21. The monoisotopic (exact) mass is 205 g/mol. The molecule has 0 fully saturated rings. The summed E-state index contributed by atoms with van der Waals surface area (Å²) in [6, 6.07) is 0. The van der Waals surface area contributed by atoms with Crippen molar-refractivity contribution >= 4 is 11.5 Å². The van der Waals surface area contributed by atoms with Crippen LogP contribution in [0.3, 0.4) is 0 Å². The highest BCUT2D eigenvalue weighted by molar-refractivity contribution is 6.10. The molecule has 0 bridgehead atoms. The molecule has 1 atom stereocenters. The number of hydrogen-bond acceptors (Lipinski definition) is 3. The van der Waals surface area contributed by atoms with Gasteiger partial charge in [-0.05, 0) is 27.2 Å². The van der Waals surface area contributed by atoms with Crippen molar-refractivity contribution in [3.05, 3.63) is 17.2 Å². The Labute approximate surface area is 88.8 Å². The van der Waals surface area contributed by atoms with Gasteiger partial charge in [0, 0.05) is 12.2 Å². The molecule has 1 aliphatic rings. The fourth-order valence-corrected chi connectivity index (χ4v) is 2.10. The van der Waals surface area contributed by atoms with E-state index in [1.54, 1.807) is 6.92 Å². The number of Topliss-reactive ketones (excluding diaryl/α,β-unsaturated/α-hetero) is 1. The zero-order valence-corrected chi connectivity index (χ0v) is 9.29. The van der Waals surface area contributed by atoms with Gasteiger partial charge in [0.05, 0.1) is 17.3 Å². The normalized spacial score (nSPS) is 20.2. The molecule has 4 nitrogen and oxygen atoms in total. The van der Waals surface area contributed by atoms with Crippen LogP contribution in [0.5, 0.6) is 0 Å². The zero-order chi connectivity index (χ0) is 11.2. The minimum absolute atomic E-state index is 0.0737. The van der Waals surface area contributed by atoms with Gasteiger partial charge in [-0.25, -0.2) is 4.98 Å². The number of rotatable bonds is 1. The molecule has 0 amide bonds. The third kappa shape index (κ3) is 1.40. The molecular formula is C11H15N3O. The van der Waals surface area contributed by atoms with Crippen LogP contribution in [0.25, 0.3) is 0 Å². The van der Waals surface area contributed by atoms with Crippen molar-refractivity contribution in [2.45, 2.75) is 33.7 Å². The third-order valence-corrected chi connectivity index (χ3v) is 3.18. The minimum atomic E-state index is -0.251. The van der Waals surface area contributed by atoms with E-state index in [9.17, 15) is 4.79 Å². The lowest BCUT2D eigenvalue weighted by Crippen LogP contribution is -2.31. The van der Waals surface area contributed by atoms with E-state index >= 15 is 0 Å². The predicted molar refractivity (Wildman–Crippen MR) is 57.3 cm³/mol. The van der Waals surface area contributed by atoms with Crippen LogP contribution in [0.1, 0.15) is 30.6 Å². The molecule has 1 aliphatic heterocycles. The number of nitrogens with one attached hydrogen (secondary N) is 1. The van der Waals surface area contributed by atoms with E-state index < -0.39 is 0 Å². The number of nitrogens with zero attached hydrogens (tertiary/aromatic N) is 2. The van der Waals surface area contributed by atoms with Crippen LogP contribution < -0.4 is 0 Å². The first-order valence-corrected chi connectivity index (χ1v) is 5.15. The average Bonchev–Trinajstić information content (AvgIpc) is 2.45. The van der Waals surface area contributed by atoms with Gasteiger partial charge in [-0.15, -0.1) is 0 Å². The highest BCUT2D eigenvalue weighted by atomic mass is 16.1. The van der Waals surface area contributed by atoms with Crippen LogP contribution in [0, 0.1) is 25.2 Å². The Bertz CT molecular complexity index is 445. The molecule has 4 heteroatoms. The highest BCUT2D eigenvalue weighted by Crippen LogP contribution is 2.23. The Morgan fingerprint density at radius 2 is 2.20 bits per heavy atom. The summed E-state index contributed by atoms with van der Waals surface area (Å²) in [5, 5.41) is 7.96. The Balaban J connectivity index is 2.47. The fraction of sp³-hybridized carbons (Fsp3) is 0.545. The molecule has 1 unspecified atom stereocenters. The lowest BCUT2D eigenvalue weighted by Gasteiger charge is -2.22. The van der Waals surface area contributed by atoms with Gasteiger partial charge in [-0.3, -0.25) is 4.79 Å². The fourth-order valence-electron chi connectivity index (χ4n) is 2.10. The molecule has 1 aromatic heterocycles. The predicted octanol–water partition coefficient (Wildman–Crippen LogP) is 1.48. The van der Waals surface area contributed by atoms with E-state index in [1.165, 1.54) is 0 Å². The van der Waals surface area contributed by atoms with E-state index in [2.05, 4.69) is 4.98 Å². The molecule has 2 rings (SSSR count). The van der Waals surface area contributed by atoms with E-state index in [0.717, 1.165) is 24.4 Å². The second kappa shape index (κ2) is 3.29. The molecule has 80 valence electrons. The molecule has 0 radical (unpaired) electrons. The van der Waals surface area contributed by atoms with E-state index in [1.807, 2.05) is 18.4 Å². The Morgan fingerprint density at radius 1 is 1.53 bits per heavy atom. The third-order valence-electron chi connectivity index (χ3n) is 3.18. The summed E-state index contributed by atoms with van der Waals surface area (Å²) in [7, 11) is 0. The van der Waals surface area contributed by atoms with Crippen molar-refractivity contribution in [1.29, 1.82) is 5.41 Å². The van der Waals surface area contributed by atoms with Gasteiger partial charge < -0.3 is 9.98 Å². The van der Waals surface area contributed by atoms with Crippen molar-refractivity contribution in [3.8, 4) is 0 Å². The molecule has 2 heterocycles. The summed E-state index contributed by atoms with van der Waals surface area (Å²) in [5.74, 6) is 0.500. The minimum Gasteiger partial charge on any atom is -0.327 e. The number of fused-ring (bicyclic) bond motifs is 1. The molecule has 15 heavy (non-hydrogen) atoms. The first-order valence-electron chi connectivity index (χ1n) is 5.15. The Hall–Kier alpha value is -1.45. The molecule has 1 N–H and O–H groups in total. The SMILES string of the molecule is CC(=O)C1CCn2c(nc(C)c2C)C1=N. The maximum absolute atomic E-state index is 11.3. The van der Waals surface area contributed by atoms with Gasteiger partial charge in [-0.2, -0.15) is 0 Å². The van der Waals surface area contributed by atoms with Crippen molar-refractivity contribution in [3.63, 3.8) is 0 Å². The zero-order valence-electron chi connectivity index (χ0n) is 9.29. The topological polar surface area (TPSA) is 58.7 Å². The van der Waals surface area contributed by atoms with Gasteiger partial charge in [0.2, 0.25) is 0 Å². The Morgan fingerprint density at radius 3 is 2.80 bits per heavy atom. The maximum Gasteiger partial charge on any atom is 0.154 e. The van der Waals surface area contributed by atoms with Crippen LogP contribution in [0.4, 0.5) is 0 Å². The van der Waals surface area contributed by atoms with E-state index in [4.69, 9.17) is 5.41 Å². The van der Waals surface area contributed by atoms with Crippen LogP contribution >= 0.6 is 0 Å². The maximum atomic E-state index is 11.3. The first kappa shape index (κ1) is 10.1. The molecule has 0 aromatic carbocycles. The van der Waals surface area contributed by atoms with Crippen molar-refractivity contribution in [2.24, 2.45) is 5.92 Å². The number of imidazole rings is 1. The number of aryl methyl sites for hydroxylation is 1. The highest BCUT2D eigenvalue weighted by Gasteiger charge is 2.30. The summed E-state index contributed by atoms with van der Waals surface area (Å²) >= 11 is 0. The molecular weight excluding hydrogens is 190 g/mol. The lowest BCUT2D eigenvalue weighted by atomic mass is 9.92. The lowest BCUT2D eigenvalue weighted by molar-refractivity contribution is -0.119. The van der Waals surface area contributed by atoms with E-state index in [0.29, 0.717) is 11.5 Å². The average molecular weight is 205 g/mol. The number of hydrogen-bond donors (Lipinski definition) is 1. The second-order valence-electron chi connectivity index (χ2n) is 4.12. The van der Waals surface area contributed by atoms with Gasteiger partial charge >= 0.3 is 0 Å². The summed E-state index contributed by atoms with van der Waals surface area (Å²) in [6.45, 7) is 6.30. The van der Waals surface area contributed by atoms with Crippen LogP contribution in [-0.2, 0) is 11.3 Å². The number of ketones is 1. The van der Waals surface area contributed by atoms with Crippen molar-refractivity contribution in [2.75, 3.05) is 0 Å². The largest absolute Gasteiger partial charge is 0.327 e. The molecule has 0 spiro atoms. The van der Waals surface area contributed by atoms with Crippen LogP contribution in [-0.4, -0.2) is 21.0 Å². The summed E-state index contributed by atoms with van der Waals surface area (Å²) < 4.78 is 2.04. The first-order chi connectivity index (χ1) is 7.02. The van der Waals surface area contributed by atoms with Crippen molar-refractivity contribution < 1.29 is 4.79 Å². The summed E-state index contributed by atoms with van der Waals surface area (Å²) in [6.07, 6.45) is 0.734. The van der Waals surface area contributed by atoms with Gasteiger partial charge in [-0.1, -0.05) is 0 Å². The quantitative estimate of drug-likeness (QED) is 0.754. The molecule has 0 aliphatic carbocycles. The van der Waals surface area contributed by atoms with Crippen molar-refractivity contribution in [1.82, 2.24) is 9.55 Å². The van der Waals surface area contributed by atoms with Gasteiger partial charge in [0.1, 0.15) is 5.78 Å². The number of carbonyl (C=O) groups excluding carboxylic acids is 1. The van der Waals surface area contributed by atoms with Gasteiger partial charge in [0.15, 0.2) is 5.82 Å².